The molecule has 2 aliphatic rings. The molecule has 0 radical (unpaired) electrons. The summed E-state index contributed by atoms with van der Waals surface area (Å²) < 4.78 is 25.6. The molecule has 1 amide bonds. The van der Waals surface area contributed by atoms with Gasteiger partial charge in [0.1, 0.15) is 0 Å². The Morgan fingerprint density at radius 3 is 2.83 bits per heavy atom. The highest BCUT2D eigenvalue weighted by atomic mass is 32.2. The summed E-state index contributed by atoms with van der Waals surface area (Å²) in [4.78, 5) is 12.4. The molecule has 1 aliphatic heterocycles. The fraction of sp³-hybridized carbons (Fsp3) is 0.667. The quantitative estimate of drug-likeness (QED) is 0.724. The number of nitrogens with zero attached hydrogens (tertiary/aromatic N) is 3. The van der Waals surface area contributed by atoms with E-state index in [4.69, 9.17) is 5.73 Å². The summed E-state index contributed by atoms with van der Waals surface area (Å²) >= 11 is 0. The number of nitrogens with one attached hydrogen (secondary N) is 1. The van der Waals surface area contributed by atoms with Gasteiger partial charge in [-0.25, -0.2) is 8.42 Å². The Bertz CT molecular complexity index is 720. The van der Waals surface area contributed by atoms with Crippen LogP contribution in [0.2, 0.25) is 0 Å². The lowest BCUT2D eigenvalue weighted by Gasteiger charge is -2.17. The van der Waals surface area contributed by atoms with Crippen molar-refractivity contribution in [1.29, 1.82) is 0 Å². The molecule has 1 aromatic heterocycles. The van der Waals surface area contributed by atoms with Crippen LogP contribution in [0.3, 0.4) is 0 Å². The normalized spacial score (nSPS) is 24.9. The molecule has 9 heteroatoms. The van der Waals surface area contributed by atoms with E-state index in [1.807, 2.05) is 6.92 Å². The number of carbonyl (C=O) groups excluding carboxylic acids is 1. The fourth-order valence-electron chi connectivity index (χ4n) is 2.99. The van der Waals surface area contributed by atoms with Gasteiger partial charge in [-0.1, -0.05) is 6.92 Å². The van der Waals surface area contributed by atoms with E-state index in [9.17, 15) is 13.2 Å². The van der Waals surface area contributed by atoms with E-state index < -0.39 is 10.0 Å². The van der Waals surface area contributed by atoms with Crippen LogP contribution < -0.4 is 11.1 Å². The van der Waals surface area contributed by atoms with Crippen molar-refractivity contribution in [1.82, 2.24) is 19.8 Å². The van der Waals surface area contributed by atoms with E-state index >= 15 is 0 Å². The highest BCUT2D eigenvalue weighted by molar-refractivity contribution is 7.89. The number of sulfonamides is 1. The molecule has 1 aliphatic carbocycles. The third-order valence-corrected chi connectivity index (χ3v) is 6.46. The summed E-state index contributed by atoms with van der Waals surface area (Å²) in [5.41, 5.74) is 6.69. The Balaban J connectivity index is 1.65. The first-order valence-electron chi connectivity index (χ1n) is 8.22. The first-order chi connectivity index (χ1) is 11.4. The van der Waals surface area contributed by atoms with Gasteiger partial charge in [0.15, 0.2) is 5.69 Å². The van der Waals surface area contributed by atoms with Gasteiger partial charge in [0.05, 0.1) is 11.9 Å². The lowest BCUT2D eigenvalue weighted by atomic mass is 10.1. The Kier molecular flexibility index (Phi) is 4.84. The van der Waals surface area contributed by atoms with Crippen LogP contribution in [-0.4, -0.2) is 60.3 Å². The third kappa shape index (κ3) is 3.73. The van der Waals surface area contributed by atoms with Crippen LogP contribution in [0.25, 0.3) is 0 Å². The standard InChI is InChI=1S/C15H23N5O3S/c1-10-8-20(24(22,23)5-4-16)9-14(10)18-15(21)13-6-12(7-17-19-13)11-2-3-11/h6-7,10-11,14H,2-5,8-9,16H2,1H3,(H,18,21)/t10-,14+/m0/s1. The number of amides is 1. The first kappa shape index (κ1) is 17.2. The molecule has 2 heterocycles. The van der Waals surface area contributed by atoms with E-state index in [1.165, 1.54) is 4.31 Å². The van der Waals surface area contributed by atoms with Crippen LogP contribution in [0.15, 0.2) is 12.3 Å². The first-order valence-corrected chi connectivity index (χ1v) is 9.83. The number of rotatable bonds is 6. The zero-order valence-electron chi connectivity index (χ0n) is 13.7. The maximum absolute atomic E-state index is 12.4. The lowest BCUT2D eigenvalue weighted by Crippen LogP contribution is -2.41. The zero-order chi connectivity index (χ0) is 17.3. The van der Waals surface area contributed by atoms with Crippen molar-refractivity contribution in [3.05, 3.63) is 23.5 Å². The molecular formula is C15H23N5O3S. The molecule has 1 aromatic rings. The van der Waals surface area contributed by atoms with Crippen molar-refractivity contribution in [3.63, 3.8) is 0 Å². The smallest absolute Gasteiger partial charge is 0.272 e. The summed E-state index contributed by atoms with van der Waals surface area (Å²) in [6, 6.07) is 1.54. The van der Waals surface area contributed by atoms with Gasteiger partial charge in [-0.05, 0) is 36.3 Å². The van der Waals surface area contributed by atoms with Crippen LogP contribution in [0.5, 0.6) is 0 Å². The summed E-state index contributed by atoms with van der Waals surface area (Å²) in [6.45, 7) is 2.68. The Morgan fingerprint density at radius 2 is 2.17 bits per heavy atom. The van der Waals surface area contributed by atoms with Crippen molar-refractivity contribution in [2.75, 3.05) is 25.4 Å². The van der Waals surface area contributed by atoms with Gasteiger partial charge < -0.3 is 11.1 Å². The SMILES string of the molecule is C[C@H]1CN(S(=O)(=O)CCN)C[C@H]1NC(=O)c1cc(C2CC2)cnn1. The molecule has 2 atom stereocenters. The number of nitrogens with two attached hydrogens (primary N) is 1. The van der Waals surface area contributed by atoms with Gasteiger partial charge >= 0.3 is 0 Å². The maximum Gasteiger partial charge on any atom is 0.272 e. The predicted octanol–water partition coefficient (Wildman–Crippen LogP) is -0.307. The molecule has 132 valence electrons. The van der Waals surface area contributed by atoms with Crippen LogP contribution >= 0.6 is 0 Å². The van der Waals surface area contributed by atoms with Crippen LogP contribution in [0, 0.1) is 5.92 Å². The molecule has 1 saturated carbocycles. The fourth-order valence-corrected chi connectivity index (χ4v) is 4.40. The van der Waals surface area contributed by atoms with Crippen LogP contribution in [0.4, 0.5) is 0 Å². The minimum atomic E-state index is -3.36. The van der Waals surface area contributed by atoms with Gasteiger partial charge in [-0.3, -0.25) is 4.79 Å². The predicted molar refractivity (Wildman–Crippen MR) is 88.8 cm³/mol. The lowest BCUT2D eigenvalue weighted by molar-refractivity contribution is 0.0926. The van der Waals surface area contributed by atoms with Gasteiger partial charge in [0, 0.05) is 25.7 Å². The molecule has 3 N–H and O–H groups in total. The minimum absolute atomic E-state index is 0.0288. The van der Waals surface area contributed by atoms with Crippen molar-refractivity contribution in [3.8, 4) is 0 Å². The molecule has 2 fully saturated rings. The summed E-state index contributed by atoms with van der Waals surface area (Å²) in [7, 11) is -3.36. The van der Waals surface area contributed by atoms with Gasteiger partial charge in [-0.15, -0.1) is 5.10 Å². The molecule has 1 saturated heterocycles. The molecule has 3 rings (SSSR count). The second-order valence-electron chi connectivity index (χ2n) is 6.63. The zero-order valence-corrected chi connectivity index (χ0v) is 14.5. The van der Waals surface area contributed by atoms with E-state index in [-0.39, 0.29) is 42.4 Å². The monoisotopic (exact) mass is 353 g/mol. The number of aromatic nitrogens is 2. The average Bonchev–Trinajstić information content (AvgIpc) is 3.32. The molecule has 0 bridgehead atoms. The third-order valence-electron chi connectivity index (χ3n) is 4.62. The number of hydrogen-bond acceptors (Lipinski definition) is 6. The van der Waals surface area contributed by atoms with E-state index in [0.717, 1.165) is 18.4 Å². The van der Waals surface area contributed by atoms with E-state index in [2.05, 4.69) is 15.5 Å². The van der Waals surface area contributed by atoms with Crippen molar-refractivity contribution in [2.24, 2.45) is 11.7 Å². The molecule has 0 spiro atoms. The molecule has 0 aromatic carbocycles. The van der Waals surface area contributed by atoms with Gasteiger partial charge in [-0.2, -0.15) is 9.40 Å². The van der Waals surface area contributed by atoms with Crippen LogP contribution in [-0.2, 0) is 10.0 Å². The van der Waals surface area contributed by atoms with Crippen molar-refractivity contribution < 1.29 is 13.2 Å². The molecule has 0 unspecified atom stereocenters. The maximum atomic E-state index is 12.4. The molecule has 8 nitrogen and oxygen atoms in total. The second-order valence-corrected chi connectivity index (χ2v) is 8.72. The Labute approximate surface area is 141 Å². The van der Waals surface area contributed by atoms with Gasteiger partial charge in [0.25, 0.3) is 5.91 Å². The Hall–Kier alpha value is -1.58. The van der Waals surface area contributed by atoms with Crippen LogP contribution in [0.1, 0.15) is 41.7 Å². The highest BCUT2D eigenvalue weighted by Crippen LogP contribution is 2.39. The summed E-state index contributed by atoms with van der Waals surface area (Å²) in [5.74, 6) is 0.144. The van der Waals surface area contributed by atoms with Crippen molar-refractivity contribution in [2.45, 2.75) is 31.7 Å². The largest absolute Gasteiger partial charge is 0.346 e. The average molecular weight is 353 g/mol. The molecular weight excluding hydrogens is 330 g/mol. The Morgan fingerprint density at radius 1 is 1.42 bits per heavy atom. The van der Waals surface area contributed by atoms with Crippen molar-refractivity contribution >= 4 is 15.9 Å². The summed E-state index contributed by atoms with van der Waals surface area (Å²) in [6.07, 6.45) is 3.95. The molecule has 24 heavy (non-hydrogen) atoms. The van der Waals surface area contributed by atoms with Gasteiger partial charge in [0.2, 0.25) is 10.0 Å². The topological polar surface area (TPSA) is 118 Å². The second kappa shape index (κ2) is 6.73. The summed E-state index contributed by atoms with van der Waals surface area (Å²) in [5, 5.41) is 10.7. The number of carbonyl (C=O) groups is 1. The van der Waals surface area contributed by atoms with E-state index in [0.29, 0.717) is 12.5 Å². The number of hydrogen-bond donors (Lipinski definition) is 2. The minimum Gasteiger partial charge on any atom is -0.346 e. The van der Waals surface area contributed by atoms with E-state index in [1.54, 1.807) is 12.3 Å². The highest BCUT2D eigenvalue weighted by Gasteiger charge is 2.37.